The minimum absolute atomic E-state index is 0.00709. The van der Waals surface area contributed by atoms with Gasteiger partial charge in [-0.1, -0.05) is 30.3 Å². The molecular formula is C27H31N7O5. The molecule has 5 N–H and O–H groups in total. The van der Waals surface area contributed by atoms with Crippen LogP contribution in [0.3, 0.4) is 0 Å². The molecule has 0 fully saturated rings. The van der Waals surface area contributed by atoms with Crippen LogP contribution in [-0.4, -0.2) is 55.4 Å². The molecule has 0 amide bonds. The number of carboxylic acid groups (broad SMARTS) is 1. The number of aromatic amines is 1. The van der Waals surface area contributed by atoms with Gasteiger partial charge in [0.2, 0.25) is 0 Å². The van der Waals surface area contributed by atoms with Crippen LogP contribution < -0.4 is 16.2 Å². The number of H-pyrrole nitrogens is 1. The lowest BCUT2D eigenvalue weighted by molar-refractivity contribution is -0.134. The van der Waals surface area contributed by atoms with E-state index in [0.717, 1.165) is 28.3 Å². The Labute approximate surface area is 225 Å². The molecule has 2 heterocycles. The number of hydrogen-bond acceptors (Lipinski definition) is 8. The smallest absolute Gasteiger partial charge is 0.350 e. The zero-order valence-corrected chi connectivity index (χ0v) is 21.9. The number of rotatable bonds is 10. The van der Waals surface area contributed by atoms with E-state index in [9.17, 15) is 4.79 Å². The van der Waals surface area contributed by atoms with Crippen LogP contribution in [0, 0.1) is 5.41 Å². The maximum Gasteiger partial charge on any atom is 0.350 e. The summed E-state index contributed by atoms with van der Waals surface area (Å²) in [5, 5.41) is 19.6. The zero-order valence-electron chi connectivity index (χ0n) is 21.9. The summed E-state index contributed by atoms with van der Waals surface area (Å²) >= 11 is 0. The number of amidine groups is 1. The number of nitrogens with one attached hydrogen (secondary N) is 2. The fraction of sp³-hybridized carbons (Fsp3) is 0.259. The van der Waals surface area contributed by atoms with Gasteiger partial charge in [-0.15, -0.1) is 9.78 Å². The van der Waals surface area contributed by atoms with Crippen LogP contribution in [0.15, 0.2) is 65.7 Å². The number of carbonyl (C=O) groups is 1. The molecule has 0 radical (unpaired) electrons. The second-order valence-electron chi connectivity index (χ2n) is 8.44. The van der Waals surface area contributed by atoms with Gasteiger partial charge in [0.25, 0.3) is 11.9 Å². The third kappa shape index (κ3) is 8.07. The topological polar surface area (TPSA) is 182 Å². The van der Waals surface area contributed by atoms with Crippen molar-refractivity contribution in [1.29, 1.82) is 5.41 Å². The van der Waals surface area contributed by atoms with Gasteiger partial charge in [0.1, 0.15) is 17.4 Å². The minimum Gasteiger partial charge on any atom is -0.494 e. The maximum atomic E-state index is 12.8. The lowest BCUT2D eigenvalue weighted by atomic mass is 9.89. The molecule has 4 rings (SSSR count). The summed E-state index contributed by atoms with van der Waals surface area (Å²) in [7, 11) is 1.64. The van der Waals surface area contributed by atoms with Crippen molar-refractivity contribution in [1.82, 2.24) is 24.7 Å². The van der Waals surface area contributed by atoms with Crippen molar-refractivity contribution in [3.63, 3.8) is 0 Å². The molecule has 0 aliphatic rings. The summed E-state index contributed by atoms with van der Waals surface area (Å²) in [4.78, 5) is 32.9. The second kappa shape index (κ2) is 13.6. The molecule has 12 nitrogen and oxygen atoms in total. The minimum atomic E-state index is -0.833. The lowest BCUT2D eigenvalue weighted by Gasteiger charge is -2.18. The van der Waals surface area contributed by atoms with Gasteiger partial charge in [-0.05, 0) is 48.2 Å². The summed E-state index contributed by atoms with van der Waals surface area (Å²) in [5.74, 6) is 0.226. The van der Waals surface area contributed by atoms with Crippen LogP contribution in [0.1, 0.15) is 47.8 Å². The normalized spacial score (nSPS) is 11.3. The summed E-state index contributed by atoms with van der Waals surface area (Å²) < 4.78 is 12.3. The van der Waals surface area contributed by atoms with E-state index in [1.54, 1.807) is 37.7 Å². The van der Waals surface area contributed by atoms with Crippen molar-refractivity contribution in [3.8, 4) is 11.7 Å². The molecule has 1 atom stereocenters. The van der Waals surface area contributed by atoms with Crippen LogP contribution in [0.2, 0.25) is 0 Å². The molecule has 0 aliphatic heterocycles. The Morgan fingerprint density at radius 1 is 1.15 bits per heavy atom. The number of benzene rings is 2. The first kappa shape index (κ1) is 28.7. The van der Waals surface area contributed by atoms with Crippen molar-refractivity contribution in [2.45, 2.75) is 32.8 Å². The number of nitrogen functional groups attached to an aromatic ring is 1. The van der Waals surface area contributed by atoms with Gasteiger partial charge in [-0.2, -0.15) is 0 Å². The highest BCUT2D eigenvalue weighted by Gasteiger charge is 2.23. The van der Waals surface area contributed by atoms with Crippen molar-refractivity contribution >= 4 is 11.8 Å². The molecule has 0 bridgehead atoms. The monoisotopic (exact) mass is 533 g/mol. The molecule has 1 unspecified atom stereocenters. The largest absolute Gasteiger partial charge is 0.494 e. The van der Waals surface area contributed by atoms with Crippen molar-refractivity contribution < 1.29 is 19.4 Å². The second-order valence-corrected chi connectivity index (χ2v) is 8.44. The fourth-order valence-corrected chi connectivity index (χ4v) is 3.85. The highest BCUT2D eigenvalue weighted by Crippen LogP contribution is 2.30. The third-order valence-corrected chi connectivity index (χ3v) is 5.42. The Bertz CT molecular complexity index is 1420. The first-order valence-electron chi connectivity index (χ1n) is 12.1. The predicted octanol–water partition coefficient (Wildman–Crippen LogP) is 2.65. The molecule has 12 heteroatoms. The van der Waals surface area contributed by atoms with E-state index >= 15 is 0 Å². The molecule has 204 valence electrons. The highest BCUT2D eigenvalue weighted by molar-refractivity contribution is 5.94. The standard InChI is InChI=1S/C25H27N7O3.C2H4O2/c1-3-35-20-12-17(15-34-2)11-19(14-20)21(13-16-5-7-18(8-6-16)22(26)27)23-30-25(33)32(31-23)24-28-9-4-10-29-24;1-2(3)4/h4-12,14,21H,3,13,15H2,1-2H3,(H3,26,27)(H,30,31,33);1H3,(H,3,4). The van der Waals surface area contributed by atoms with E-state index in [-0.39, 0.29) is 17.7 Å². The van der Waals surface area contributed by atoms with Gasteiger partial charge < -0.3 is 20.3 Å². The fourth-order valence-electron chi connectivity index (χ4n) is 3.85. The Balaban J connectivity index is 0.000000983. The van der Waals surface area contributed by atoms with Crippen molar-refractivity contribution in [2.75, 3.05) is 13.7 Å². The molecule has 2 aromatic carbocycles. The van der Waals surface area contributed by atoms with Crippen molar-refractivity contribution in [2.24, 2.45) is 5.73 Å². The van der Waals surface area contributed by atoms with Gasteiger partial charge in [-0.25, -0.2) is 14.8 Å². The molecule has 2 aromatic heterocycles. The van der Waals surface area contributed by atoms with E-state index in [1.165, 1.54) is 0 Å². The number of ether oxygens (including phenoxy) is 2. The van der Waals surface area contributed by atoms with Gasteiger partial charge in [-0.3, -0.25) is 15.2 Å². The number of nitrogens with two attached hydrogens (primary N) is 1. The summed E-state index contributed by atoms with van der Waals surface area (Å²) in [6, 6.07) is 15.0. The first-order valence-corrected chi connectivity index (χ1v) is 12.1. The Morgan fingerprint density at radius 3 is 2.41 bits per heavy atom. The quantitative estimate of drug-likeness (QED) is 0.176. The molecule has 39 heavy (non-hydrogen) atoms. The van der Waals surface area contributed by atoms with E-state index in [0.29, 0.717) is 36.8 Å². The number of nitrogens with zero attached hydrogens (tertiary/aromatic N) is 4. The van der Waals surface area contributed by atoms with Crippen molar-refractivity contribution in [3.05, 3.63) is 99.5 Å². The van der Waals surface area contributed by atoms with Crippen LogP contribution >= 0.6 is 0 Å². The number of carboxylic acids is 1. The SMILES string of the molecule is CC(=O)O.CCOc1cc(COC)cc(C(Cc2ccc(C(=N)N)cc2)c2nn(-c3ncccn3)c(=O)[nH]2)c1. The van der Waals surface area contributed by atoms with Gasteiger partial charge >= 0.3 is 5.69 Å². The molecule has 4 aromatic rings. The number of methoxy groups -OCH3 is 1. The van der Waals surface area contributed by atoms with E-state index in [4.69, 9.17) is 30.5 Å². The zero-order chi connectivity index (χ0) is 28.4. The predicted molar refractivity (Wildman–Crippen MR) is 144 cm³/mol. The number of aliphatic carboxylic acids is 1. The average Bonchev–Trinajstić information content (AvgIpc) is 3.29. The van der Waals surface area contributed by atoms with Crippen LogP contribution in [0.25, 0.3) is 5.95 Å². The van der Waals surface area contributed by atoms with Crippen LogP contribution in [0.5, 0.6) is 5.75 Å². The molecule has 0 aliphatic carbocycles. The van der Waals surface area contributed by atoms with Gasteiger partial charge in [0.15, 0.2) is 0 Å². The molecular weight excluding hydrogens is 502 g/mol. The molecule has 0 saturated heterocycles. The third-order valence-electron chi connectivity index (χ3n) is 5.42. The van der Waals surface area contributed by atoms with E-state index in [2.05, 4.69) is 20.1 Å². The van der Waals surface area contributed by atoms with Gasteiger partial charge in [0.05, 0.1) is 13.2 Å². The first-order chi connectivity index (χ1) is 18.7. The molecule has 0 spiro atoms. The lowest BCUT2D eigenvalue weighted by Crippen LogP contribution is -2.18. The highest BCUT2D eigenvalue weighted by atomic mass is 16.5. The average molecular weight is 534 g/mol. The Hall–Kier alpha value is -4.84. The summed E-state index contributed by atoms with van der Waals surface area (Å²) in [6.45, 7) is 3.94. The van der Waals surface area contributed by atoms with E-state index in [1.807, 2.05) is 37.3 Å². The van der Waals surface area contributed by atoms with E-state index < -0.39 is 11.7 Å². The van der Waals surface area contributed by atoms with Crippen LogP contribution in [-0.2, 0) is 22.6 Å². The number of hydrogen-bond donors (Lipinski definition) is 4. The van der Waals surface area contributed by atoms with Gasteiger partial charge in [0, 0.05) is 37.9 Å². The molecule has 0 saturated carbocycles. The Morgan fingerprint density at radius 2 is 1.82 bits per heavy atom. The van der Waals surface area contributed by atoms with Crippen LogP contribution in [0.4, 0.5) is 0 Å². The maximum absolute atomic E-state index is 12.8. The number of aromatic nitrogens is 5. The summed E-state index contributed by atoms with van der Waals surface area (Å²) in [6.07, 6.45) is 3.64. The summed E-state index contributed by atoms with van der Waals surface area (Å²) in [5.41, 5.74) is 8.66. The Kier molecular flexibility index (Phi) is 10.0.